The first-order valence-electron chi connectivity index (χ1n) is 7.29. The van der Waals surface area contributed by atoms with Crippen LogP contribution in [0, 0.1) is 5.82 Å². The predicted molar refractivity (Wildman–Crippen MR) is 95.0 cm³/mol. The first kappa shape index (κ1) is 16.9. The van der Waals surface area contributed by atoms with Gasteiger partial charge >= 0.3 is 5.97 Å². The molecule has 5 nitrogen and oxygen atoms in total. The largest absolute Gasteiger partial charge is 0.465 e. The van der Waals surface area contributed by atoms with Gasteiger partial charge < -0.3 is 10.1 Å². The molecule has 0 spiro atoms. The molecule has 1 heterocycles. The highest BCUT2D eigenvalue weighted by molar-refractivity contribution is 8.18. The first-order chi connectivity index (χ1) is 12.1. The minimum atomic E-state index is -0.458. The average Bonchev–Trinajstić information content (AvgIpc) is 2.96. The number of hydrogen-bond donors (Lipinski definition) is 1. The molecule has 0 unspecified atom stereocenters. The number of aliphatic imine (C=N–C) groups is 1. The second-order valence-electron chi connectivity index (χ2n) is 5.05. The van der Waals surface area contributed by atoms with Crippen molar-refractivity contribution in [2.24, 2.45) is 4.99 Å². The average molecular weight is 356 g/mol. The molecule has 1 N–H and O–H groups in total. The maximum Gasteiger partial charge on any atom is 0.337 e. The van der Waals surface area contributed by atoms with Gasteiger partial charge in [-0.3, -0.25) is 4.79 Å². The van der Waals surface area contributed by atoms with Crippen LogP contribution in [0.3, 0.4) is 0 Å². The Hall–Kier alpha value is -2.93. The number of halogens is 1. The molecule has 126 valence electrons. The number of benzene rings is 2. The van der Waals surface area contributed by atoms with Crippen LogP contribution in [0.5, 0.6) is 0 Å². The number of amides is 1. The lowest BCUT2D eigenvalue weighted by Gasteiger charge is -2.00. The maximum atomic E-state index is 13.6. The van der Waals surface area contributed by atoms with Crippen LogP contribution < -0.4 is 5.32 Å². The van der Waals surface area contributed by atoms with E-state index < -0.39 is 11.8 Å². The molecule has 0 atom stereocenters. The van der Waals surface area contributed by atoms with E-state index in [0.717, 1.165) is 17.3 Å². The summed E-state index contributed by atoms with van der Waals surface area (Å²) in [5.41, 5.74) is 1.33. The van der Waals surface area contributed by atoms with E-state index in [9.17, 15) is 14.0 Å². The highest BCUT2D eigenvalue weighted by Crippen LogP contribution is 2.28. The van der Waals surface area contributed by atoms with Crippen LogP contribution in [0.15, 0.2) is 58.4 Å². The number of nitrogens with zero attached hydrogens (tertiary/aromatic N) is 1. The zero-order valence-corrected chi connectivity index (χ0v) is 14.0. The van der Waals surface area contributed by atoms with E-state index in [0.29, 0.717) is 15.6 Å². The predicted octanol–water partition coefficient (Wildman–Crippen LogP) is 3.50. The highest BCUT2D eigenvalue weighted by Gasteiger charge is 2.24. The van der Waals surface area contributed by atoms with E-state index in [1.165, 1.54) is 19.2 Å². The Kier molecular flexibility index (Phi) is 4.95. The fourth-order valence-corrected chi connectivity index (χ4v) is 2.95. The maximum absolute atomic E-state index is 13.6. The Morgan fingerprint density at radius 3 is 2.60 bits per heavy atom. The van der Waals surface area contributed by atoms with Gasteiger partial charge in [-0.25, -0.2) is 14.2 Å². The molecule has 1 aliphatic rings. The quantitative estimate of drug-likeness (QED) is 0.675. The normalized spacial score (nSPS) is 17.0. The number of para-hydroxylation sites is 1. The van der Waals surface area contributed by atoms with Crippen molar-refractivity contribution < 1.29 is 18.7 Å². The van der Waals surface area contributed by atoms with Crippen LogP contribution in [0.1, 0.15) is 15.9 Å². The standard InChI is InChI=1S/C18H13FN2O3S/c1-24-17(23)12-8-6-11(7-9-12)10-15-16(22)21-18(25-15)20-14-5-3-2-4-13(14)19/h2-10H,1H3,(H,20,21,22). The second-order valence-corrected chi connectivity index (χ2v) is 6.08. The summed E-state index contributed by atoms with van der Waals surface area (Å²) in [7, 11) is 1.31. The number of esters is 1. The van der Waals surface area contributed by atoms with Crippen LogP contribution in [-0.2, 0) is 9.53 Å². The van der Waals surface area contributed by atoms with E-state index in [1.807, 2.05) is 0 Å². The number of amidine groups is 1. The number of carbonyl (C=O) groups is 2. The fraction of sp³-hybridized carbons (Fsp3) is 0.0556. The monoisotopic (exact) mass is 356 g/mol. The Labute approximate surface area is 147 Å². The molecule has 0 aliphatic carbocycles. The molecule has 1 saturated heterocycles. The van der Waals surface area contributed by atoms with Crippen molar-refractivity contribution in [2.45, 2.75) is 0 Å². The van der Waals surface area contributed by atoms with Gasteiger partial charge in [0.1, 0.15) is 11.5 Å². The van der Waals surface area contributed by atoms with Crippen molar-refractivity contribution >= 4 is 40.6 Å². The number of carbonyl (C=O) groups excluding carboxylic acids is 2. The molecule has 1 aliphatic heterocycles. The van der Waals surface area contributed by atoms with Gasteiger partial charge in [0.05, 0.1) is 17.6 Å². The first-order valence-corrected chi connectivity index (χ1v) is 8.11. The molecule has 0 bridgehead atoms. The molecule has 7 heteroatoms. The number of thioether (sulfide) groups is 1. The smallest absolute Gasteiger partial charge is 0.337 e. The molecule has 0 aromatic heterocycles. The number of hydrogen-bond acceptors (Lipinski definition) is 5. The fourth-order valence-electron chi connectivity index (χ4n) is 2.12. The second kappa shape index (κ2) is 7.31. The molecule has 1 amide bonds. The minimum absolute atomic E-state index is 0.161. The van der Waals surface area contributed by atoms with Gasteiger partial charge in [-0.1, -0.05) is 24.3 Å². The van der Waals surface area contributed by atoms with Gasteiger partial charge in [0.15, 0.2) is 5.17 Å². The topological polar surface area (TPSA) is 67.8 Å². The Bertz CT molecular complexity index is 891. The van der Waals surface area contributed by atoms with Crippen molar-refractivity contribution in [3.8, 4) is 0 Å². The van der Waals surface area contributed by atoms with Crippen molar-refractivity contribution in [2.75, 3.05) is 7.11 Å². The lowest BCUT2D eigenvalue weighted by atomic mass is 10.1. The summed E-state index contributed by atoms with van der Waals surface area (Å²) in [5.74, 6) is -1.19. The van der Waals surface area contributed by atoms with Gasteiger partial charge in [-0.05, 0) is 47.7 Å². The van der Waals surface area contributed by atoms with Crippen molar-refractivity contribution in [3.63, 3.8) is 0 Å². The van der Waals surface area contributed by atoms with E-state index in [1.54, 1.807) is 42.5 Å². The van der Waals surface area contributed by atoms with Gasteiger partial charge in [-0.15, -0.1) is 0 Å². The number of ether oxygens (including phenoxy) is 1. The summed E-state index contributed by atoms with van der Waals surface area (Å²) < 4.78 is 18.3. The molecule has 2 aromatic rings. The summed E-state index contributed by atoms with van der Waals surface area (Å²) >= 11 is 1.12. The van der Waals surface area contributed by atoms with Crippen LogP contribution in [0.25, 0.3) is 6.08 Å². The lowest BCUT2D eigenvalue weighted by molar-refractivity contribution is -0.115. The molecule has 25 heavy (non-hydrogen) atoms. The zero-order valence-electron chi connectivity index (χ0n) is 13.2. The van der Waals surface area contributed by atoms with Crippen molar-refractivity contribution in [1.82, 2.24) is 5.32 Å². The molecular weight excluding hydrogens is 343 g/mol. The van der Waals surface area contributed by atoms with E-state index in [2.05, 4.69) is 15.0 Å². The van der Waals surface area contributed by atoms with Gasteiger partial charge in [0, 0.05) is 0 Å². The van der Waals surface area contributed by atoms with Gasteiger partial charge in [0.2, 0.25) is 0 Å². The van der Waals surface area contributed by atoms with E-state index in [-0.39, 0.29) is 11.6 Å². The lowest BCUT2D eigenvalue weighted by Crippen LogP contribution is -2.19. The summed E-state index contributed by atoms with van der Waals surface area (Å²) in [6, 6.07) is 12.7. The highest BCUT2D eigenvalue weighted by atomic mass is 32.2. The number of nitrogens with one attached hydrogen (secondary N) is 1. The molecule has 3 rings (SSSR count). The van der Waals surface area contributed by atoms with Crippen molar-refractivity contribution in [1.29, 1.82) is 0 Å². The Morgan fingerprint density at radius 2 is 1.92 bits per heavy atom. The summed E-state index contributed by atoms with van der Waals surface area (Å²) in [5, 5.41) is 2.92. The summed E-state index contributed by atoms with van der Waals surface area (Å²) in [4.78, 5) is 28.0. The van der Waals surface area contributed by atoms with Crippen LogP contribution in [-0.4, -0.2) is 24.2 Å². The number of methoxy groups -OCH3 is 1. The summed E-state index contributed by atoms with van der Waals surface area (Å²) in [6.45, 7) is 0. The molecule has 0 radical (unpaired) electrons. The third-order valence-electron chi connectivity index (χ3n) is 3.35. The third-order valence-corrected chi connectivity index (χ3v) is 4.26. The minimum Gasteiger partial charge on any atom is -0.465 e. The molecular formula is C18H13FN2O3S. The SMILES string of the molecule is COC(=O)c1ccc(C=C2SC(=Nc3ccccc3F)NC2=O)cc1. The molecule has 0 saturated carbocycles. The van der Waals surface area contributed by atoms with Crippen LogP contribution >= 0.6 is 11.8 Å². The summed E-state index contributed by atoms with van der Waals surface area (Å²) in [6.07, 6.45) is 1.67. The third kappa shape index (κ3) is 3.95. The molecule has 2 aromatic carbocycles. The Balaban J connectivity index is 1.80. The van der Waals surface area contributed by atoms with Gasteiger partial charge in [-0.2, -0.15) is 0 Å². The van der Waals surface area contributed by atoms with E-state index >= 15 is 0 Å². The Morgan fingerprint density at radius 1 is 1.20 bits per heavy atom. The van der Waals surface area contributed by atoms with Gasteiger partial charge in [0.25, 0.3) is 5.91 Å². The molecule has 1 fully saturated rings. The zero-order chi connectivity index (χ0) is 17.8. The van der Waals surface area contributed by atoms with Crippen LogP contribution in [0.2, 0.25) is 0 Å². The van der Waals surface area contributed by atoms with Crippen molar-refractivity contribution in [3.05, 3.63) is 70.4 Å². The number of rotatable bonds is 3. The van der Waals surface area contributed by atoms with Crippen LogP contribution in [0.4, 0.5) is 10.1 Å². The van der Waals surface area contributed by atoms with E-state index in [4.69, 9.17) is 0 Å².